The zero-order chi connectivity index (χ0) is 13.8. The van der Waals surface area contributed by atoms with Gasteiger partial charge in [0.2, 0.25) is 0 Å². The SMILES string of the molecule is CSCC[C@H](NC(=O)c1cc(C2CC2)on1)C(=O)O. The molecule has 0 saturated heterocycles. The summed E-state index contributed by atoms with van der Waals surface area (Å²) >= 11 is 1.54. The van der Waals surface area contributed by atoms with Gasteiger partial charge in [-0.1, -0.05) is 5.16 Å². The van der Waals surface area contributed by atoms with E-state index in [1.54, 1.807) is 6.07 Å². The van der Waals surface area contributed by atoms with E-state index < -0.39 is 17.9 Å². The van der Waals surface area contributed by atoms with E-state index in [0.29, 0.717) is 23.9 Å². The molecule has 2 N–H and O–H groups in total. The third kappa shape index (κ3) is 3.73. The highest BCUT2D eigenvalue weighted by Gasteiger charge is 2.29. The Morgan fingerprint density at radius 1 is 1.63 bits per heavy atom. The zero-order valence-electron chi connectivity index (χ0n) is 10.6. The predicted octanol–water partition coefficient (Wildman–Crippen LogP) is 1.49. The fourth-order valence-corrected chi connectivity index (χ4v) is 2.15. The molecule has 1 aromatic heterocycles. The van der Waals surface area contributed by atoms with Crippen molar-refractivity contribution in [2.45, 2.75) is 31.2 Å². The summed E-state index contributed by atoms with van der Waals surface area (Å²) in [7, 11) is 0. The van der Waals surface area contributed by atoms with Gasteiger partial charge in [0.05, 0.1) is 0 Å². The van der Waals surface area contributed by atoms with Crippen LogP contribution < -0.4 is 5.32 Å². The van der Waals surface area contributed by atoms with Crippen LogP contribution in [0.15, 0.2) is 10.6 Å². The van der Waals surface area contributed by atoms with Crippen LogP contribution in [0.25, 0.3) is 0 Å². The highest BCUT2D eigenvalue weighted by molar-refractivity contribution is 7.98. The number of nitrogens with zero attached hydrogens (tertiary/aromatic N) is 1. The topological polar surface area (TPSA) is 92.4 Å². The van der Waals surface area contributed by atoms with Crippen LogP contribution in [0.2, 0.25) is 0 Å². The van der Waals surface area contributed by atoms with Crippen LogP contribution in [0.3, 0.4) is 0 Å². The summed E-state index contributed by atoms with van der Waals surface area (Å²) in [6.45, 7) is 0. The van der Waals surface area contributed by atoms with Crippen molar-refractivity contribution in [2.75, 3.05) is 12.0 Å². The molecule has 104 valence electrons. The fourth-order valence-electron chi connectivity index (χ4n) is 1.68. The first-order chi connectivity index (χ1) is 9.11. The van der Waals surface area contributed by atoms with Gasteiger partial charge in [0.15, 0.2) is 5.69 Å². The molecule has 1 heterocycles. The van der Waals surface area contributed by atoms with Crippen LogP contribution in [0, 0.1) is 0 Å². The molecule has 6 nitrogen and oxygen atoms in total. The Morgan fingerprint density at radius 2 is 2.37 bits per heavy atom. The van der Waals surface area contributed by atoms with Crippen molar-refractivity contribution in [2.24, 2.45) is 0 Å². The van der Waals surface area contributed by atoms with E-state index in [0.717, 1.165) is 12.8 Å². The number of carboxylic acids is 1. The van der Waals surface area contributed by atoms with E-state index in [1.807, 2.05) is 6.26 Å². The highest BCUT2D eigenvalue weighted by atomic mass is 32.2. The van der Waals surface area contributed by atoms with Gasteiger partial charge in [0.1, 0.15) is 11.8 Å². The van der Waals surface area contributed by atoms with E-state index in [1.165, 1.54) is 11.8 Å². The number of carboxylic acid groups (broad SMARTS) is 1. The van der Waals surface area contributed by atoms with Gasteiger partial charge in [-0.2, -0.15) is 11.8 Å². The molecule has 0 aliphatic heterocycles. The molecule has 19 heavy (non-hydrogen) atoms. The summed E-state index contributed by atoms with van der Waals surface area (Å²) in [6.07, 6.45) is 4.39. The van der Waals surface area contributed by atoms with E-state index >= 15 is 0 Å². The molecule has 7 heteroatoms. The van der Waals surface area contributed by atoms with Crippen molar-refractivity contribution in [3.63, 3.8) is 0 Å². The summed E-state index contributed by atoms with van der Waals surface area (Å²) < 4.78 is 5.07. The molecule has 1 atom stereocenters. The molecule has 1 aliphatic carbocycles. The molecule has 0 radical (unpaired) electrons. The summed E-state index contributed by atoms with van der Waals surface area (Å²) in [4.78, 5) is 22.9. The van der Waals surface area contributed by atoms with Crippen molar-refractivity contribution < 1.29 is 19.2 Å². The number of carbonyl (C=O) groups is 2. The van der Waals surface area contributed by atoms with Gasteiger partial charge >= 0.3 is 5.97 Å². The number of aromatic nitrogens is 1. The molecule has 1 aliphatic rings. The molecule has 1 aromatic rings. The average molecular weight is 284 g/mol. The number of hydrogen-bond acceptors (Lipinski definition) is 5. The number of amides is 1. The lowest BCUT2D eigenvalue weighted by Gasteiger charge is -2.12. The average Bonchev–Trinajstić information content (AvgIpc) is 3.11. The second kappa shape index (κ2) is 6.10. The largest absolute Gasteiger partial charge is 0.480 e. The number of carbonyl (C=O) groups excluding carboxylic acids is 1. The summed E-state index contributed by atoms with van der Waals surface area (Å²) in [5.74, 6) is 0.225. The first-order valence-electron chi connectivity index (χ1n) is 6.11. The normalized spacial score (nSPS) is 16.1. The lowest BCUT2D eigenvalue weighted by atomic mass is 10.2. The fraction of sp³-hybridized carbons (Fsp3) is 0.583. The Balaban J connectivity index is 1.94. The minimum atomic E-state index is -1.03. The van der Waals surface area contributed by atoms with E-state index in [9.17, 15) is 9.59 Å². The Hall–Kier alpha value is -1.50. The lowest BCUT2D eigenvalue weighted by molar-refractivity contribution is -0.139. The van der Waals surface area contributed by atoms with Gasteiger partial charge in [-0.15, -0.1) is 0 Å². The number of aliphatic carboxylic acids is 1. The quantitative estimate of drug-likeness (QED) is 0.788. The number of rotatable bonds is 7. The standard InChI is InChI=1S/C12H16N2O4S/c1-19-5-4-8(12(16)17)13-11(15)9-6-10(18-14-9)7-2-3-7/h6-8H,2-5H2,1H3,(H,13,15)(H,16,17)/t8-/m0/s1. The molecule has 1 fully saturated rings. The van der Waals surface area contributed by atoms with E-state index in [-0.39, 0.29) is 5.69 Å². The van der Waals surface area contributed by atoms with Crippen molar-refractivity contribution in [1.82, 2.24) is 10.5 Å². The van der Waals surface area contributed by atoms with Gasteiger partial charge in [-0.05, 0) is 31.3 Å². The van der Waals surface area contributed by atoms with E-state index in [2.05, 4.69) is 10.5 Å². The van der Waals surface area contributed by atoms with Gasteiger partial charge in [0, 0.05) is 12.0 Å². The third-order valence-electron chi connectivity index (χ3n) is 2.95. The van der Waals surface area contributed by atoms with Gasteiger partial charge in [-0.3, -0.25) is 4.79 Å². The van der Waals surface area contributed by atoms with Gasteiger partial charge < -0.3 is 14.9 Å². The molecule has 2 rings (SSSR count). The monoisotopic (exact) mass is 284 g/mol. The van der Waals surface area contributed by atoms with Gasteiger partial charge in [0.25, 0.3) is 5.91 Å². The second-order valence-electron chi connectivity index (χ2n) is 4.53. The molecule has 1 saturated carbocycles. The first-order valence-corrected chi connectivity index (χ1v) is 7.50. The first kappa shape index (κ1) is 13.9. The Kier molecular flexibility index (Phi) is 4.47. The summed E-state index contributed by atoms with van der Waals surface area (Å²) in [6, 6.07) is 0.710. The second-order valence-corrected chi connectivity index (χ2v) is 5.52. The third-order valence-corrected chi connectivity index (χ3v) is 3.60. The number of hydrogen-bond donors (Lipinski definition) is 2. The van der Waals surface area contributed by atoms with Crippen LogP contribution in [-0.2, 0) is 4.79 Å². The molecular formula is C12H16N2O4S. The zero-order valence-corrected chi connectivity index (χ0v) is 11.4. The molecule has 0 aromatic carbocycles. The number of thioether (sulfide) groups is 1. The molecule has 0 unspecified atom stereocenters. The van der Waals surface area contributed by atoms with Crippen molar-refractivity contribution in [3.8, 4) is 0 Å². The van der Waals surface area contributed by atoms with Crippen LogP contribution in [0.1, 0.15) is 41.4 Å². The molecular weight excluding hydrogens is 268 g/mol. The smallest absolute Gasteiger partial charge is 0.326 e. The van der Waals surface area contributed by atoms with Crippen LogP contribution >= 0.6 is 11.8 Å². The maximum Gasteiger partial charge on any atom is 0.326 e. The molecule has 1 amide bonds. The Labute approximate surface area is 114 Å². The van der Waals surface area contributed by atoms with Crippen LogP contribution in [0.5, 0.6) is 0 Å². The summed E-state index contributed by atoms with van der Waals surface area (Å²) in [5.41, 5.74) is 0.150. The minimum Gasteiger partial charge on any atom is -0.480 e. The van der Waals surface area contributed by atoms with Crippen molar-refractivity contribution in [3.05, 3.63) is 17.5 Å². The molecule has 0 spiro atoms. The molecule has 0 bridgehead atoms. The van der Waals surface area contributed by atoms with Crippen molar-refractivity contribution >= 4 is 23.6 Å². The number of nitrogens with one attached hydrogen (secondary N) is 1. The maximum atomic E-state index is 11.9. The minimum absolute atomic E-state index is 0.150. The lowest BCUT2D eigenvalue weighted by Crippen LogP contribution is -2.41. The Bertz CT molecular complexity index is 470. The van der Waals surface area contributed by atoms with E-state index in [4.69, 9.17) is 9.63 Å². The predicted molar refractivity (Wildman–Crippen MR) is 70.4 cm³/mol. The van der Waals surface area contributed by atoms with Crippen molar-refractivity contribution in [1.29, 1.82) is 0 Å². The Morgan fingerprint density at radius 3 is 2.95 bits per heavy atom. The van der Waals surface area contributed by atoms with Crippen LogP contribution in [-0.4, -0.2) is 40.2 Å². The summed E-state index contributed by atoms with van der Waals surface area (Å²) in [5, 5.41) is 15.2. The van der Waals surface area contributed by atoms with Gasteiger partial charge in [-0.25, -0.2) is 4.79 Å². The van der Waals surface area contributed by atoms with Crippen LogP contribution in [0.4, 0.5) is 0 Å². The maximum absolute atomic E-state index is 11.9. The highest BCUT2D eigenvalue weighted by Crippen LogP contribution is 2.40.